The molecule has 2 aromatic heterocycles. The molecule has 1 fully saturated rings. The number of hydrogen-bond acceptors (Lipinski definition) is 7. The molecule has 9 heteroatoms. The van der Waals surface area contributed by atoms with Gasteiger partial charge in [0, 0.05) is 37.1 Å². The molecule has 30 heavy (non-hydrogen) atoms. The van der Waals surface area contributed by atoms with Gasteiger partial charge >= 0.3 is 0 Å². The topological polar surface area (TPSA) is 54.9 Å². The van der Waals surface area contributed by atoms with E-state index < -0.39 is 0 Å². The molecular formula is C21H24ClN3O3S2. The van der Waals surface area contributed by atoms with E-state index in [1.807, 2.05) is 41.8 Å². The van der Waals surface area contributed by atoms with Crippen LogP contribution in [0.2, 0.25) is 0 Å². The minimum Gasteiger partial charge on any atom is -0.497 e. The van der Waals surface area contributed by atoms with Gasteiger partial charge in [-0.15, -0.1) is 23.7 Å². The number of amides is 1. The van der Waals surface area contributed by atoms with Crippen LogP contribution in [0.3, 0.4) is 0 Å². The molecule has 4 rings (SSSR count). The van der Waals surface area contributed by atoms with Crippen molar-refractivity contribution in [2.24, 2.45) is 0 Å². The number of carbonyl (C=O) groups is 1. The van der Waals surface area contributed by atoms with Crippen molar-refractivity contribution in [1.82, 2.24) is 9.88 Å². The molecule has 0 aliphatic carbocycles. The molecule has 3 aromatic rings. The van der Waals surface area contributed by atoms with Gasteiger partial charge in [0.25, 0.3) is 5.91 Å². The molecule has 3 heterocycles. The summed E-state index contributed by atoms with van der Waals surface area (Å²) in [4.78, 5) is 22.9. The van der Waals surface area contributed by atoms with Crippen LogP contribution in [-0.4, -0.2) is 62.3 Å². The fourth-order valence-electron chi connectivity index (χ4n) is 3.13. The average molecular weight is 466 g/mol. The second kappa shape index (κ2) is 10.9. The fourth-order valence-corrected chi connectivity index (χ4v) is 4.77. The van der Waals surface area contributed by atoms with Crippen molar-refractivity contribution in [2.75, 3.05) is 51.4 Å². The van der Waals surface area contributed by atoms with Crippen LogP contribution in [0.15, 0.2) is 41.8 Å². The number of thiazole rings is 1. The Morgan fingerprint density at radius 2 is 2.17 bits per heavy atom. The second-order valence-electron chi connectivity index (χ2n) is 6.62. The molecule has 0 atom stereocenters. The number of carbonyl (C=O) groups excluding carboxylic acids is 1. The van der Waals surface area contributed by atoms with Crippen molar-refractivity contribution >= 4 is 62.4 Å². The third-order valence-corrected chi connectivity index (χ3v) is 6.64. The highest BCUT2D eigenvalue weighted by Crippen LogP contribution is 2.31. The van der Waals surface area contributed by atoms with Crippen LogP contribution in [0.5, 0.6) is 5.75 Å². The fraction of sp³-hybridized carbons (Fsp3) is 0.333. The largest absolute Gasteiger partial charge is 0.497 e. The number of thiophene rings is 1. The Morgan fingerprint density at radius 3 is 2.90 bits per heavy atom. The highest BCUT2D eigenvalue weighted by molar-refractivity contribution is 7.22. The Kier molecular flexibility index (Phi) is 8.24. The maximum atomic E-state index is 13.1. The summed E-state index contributed by atoms with van der Waals surface area (Å²) >= 11 is 3.12. The lowest BCUT2D eigenvalue weighted by Crippen LogP contribution is -2.42. The van der Waals surface area contributed by atoms with E-state index in [2.05, 4.69) is 4.90 Å². The zero-order chi connectivity index (χ0) is 20.1. The molecule has 0 saturated carbocycles. The van der Waals surface area contributed by atoms with Gasteiger partial charge < -0.3 is 9.47 Å². The van der Waals surface area contributed by atoms with Crippen molar-refractivity contribution < 1.29 is 14.3 Å². The number of benzene rings is 1. The molecule has 0 radical (unpaired) electrons. The molecule has 1 amide bonds. The lowest BCUT2D eigenvalue weighted by Gasteiger charge is -2.28. The maximum absolute atomic E-state index is 13.1. The zero-order valence-corrected chi connectivity index (χ0v) is 19.1. The lowest BCUT2D eigenvalue weighted by atomic mass is 10.3. The van der Waals surface area contributed by atoms with E-state index in [1.165, 1.54) is 11.3 Å². The van der Waals surface area contributed by atoms with Crippen LogP contribution in [0.25, 0.3) is 16.3 Å². The van der Waals surface area contributed by atoms with Gasteiger partial charge in [-0.3, -0.25) is 14.6 Å². The van der Waals surface area contributed by atoms with Crippen LogP contribution in [0.4, 0.5) is 5.13 Å². The predicted octanol–water partition coefficient (Wildman–Crippen LogP) is 4.17. The van der Waals surface area contributed by atoms with Gasteiger partial charge in [0.15, 0.2) is 5.13 Å². The Balaban J connectivity index is 0.00000256. The Morgan fingerprint density at radius 1 is 1.33 bits per heavy atom. The first-order valence-corrected chi connectivity index (χ1v) is 11.2. The van der Waals surface area contributed by atoms with E-state index in [4.69, 9.17) is 14.5 Å². The molecule has 0 bridgehead atoms. The highest BCUT2D eigenvalue weighted by atomic mass is 35.5. The summed E-state index contributed by atoms with van der Waals surface area (Å²) in [6, 6.07) is 9.76. The monoisotopic (exact) mass is 465 g/mol. The highest BCUT2D eigenvalue weighted by Gasteiger charge is 2.20. The predicted molar refractivity (Wildman–Crippen MR) is 126 cm³/mol. The smallest absolute Gasteiger partial charge is 0.252 e. The Hall–Kier alpha value is -1.97. The molecule has 6 nitrogen and oxygen atoms in total. The van der Waals surface area contributed by atoms with Crippen molar-refractivity contribution in [3.63, 3.8) is 0 Å². The number of rotatable bonds is 7. The van der Waals surface area contributed by atoms with E-state index in [9.17, 15) is 4.79 Å². The Labute approximate surface area is 190 Å². The minimum atomic E-state index is -0.0577. The second-order valence-corrected chi connectivity index (χ2v) is 8.61. The molecule has 1 saturated heterocycles. The first kappa shape index (κ1) is 22.7. The SMILES string of the molecule is COc1ccc2nc(N(CCN3CCOCC3)C(=O)C=Cc3cccs3)sc2c1.Cl. The van der Waals surface area contributed by atoms with Crippen LogP contribution in [0, 0.1) is 0 Å². The summed E-state index contributed by atoms with van der Waals surface area (Å²) in [6.45, 7) is 4.65. The lowest BCUT2D eigenvalue weighted by molar-refractivity contribution is -0.114. The minimum absolute atomic E-state index is 0. The molecule has 1 aromatic carbocycles. The number of halogens is 1. The van der Waals surface area contributed by atoms with Gasteiger partial charge in [-0.25, -0.2) is 4.98 Å². The number of morpholine rings is 1. The normalized spacial score (nSPS) is 14.7. The standard InChI is InChI=1S/C21H23N3O3S2.ClH/c1-26-16-4-6-18-19(15-16)29-21(22-18)24(9-8-23-10-12-27-13-11-23)20(25)7-5-17-3-2-14-28-17;/h2-7,14-15H,8-13H2,1H3;1H. The summed E-state index contributed by atoms with van der Waals surface area (Å²) < 4.78 is 11.7. The summed E-state index contributed by atoms with van der Waals surface area (Å²) in [5.41, 5.74) is 0.872. The van der Waals surface area contributed by atoms with Gasteiger partial charge in [0.2, 0.25) is 0 Å². The average Bonchev–Trinajstić information content (AvgIpc) is 3.42. The van der Waals surface area contributed by atoms with Crippen LogP contribution < -0.4 is 9.64 Å². The summed E-state index contributed by atoms with van der Waals surface area (Å²) in [5.74, 6) is 0.731. The van der Waals surface area contributed by atoms with E-state index in [-0.39, 0.29) is 18.3 Å². The molecule has 160 valence electrons. The molecular weight excluding hydrogens is 442 g/mol. The van der Waals surface area contributed by atoms with E-state index >= 15 is 0 Å². The van der Waals surface area contributed by atoms with Crippen LogP contribution in [-0.2, 0) is 9.53 Å². The van der Waals surface area contributed by atoms with Crippen molar-refractivity contribution in [3.05, 3.63) is 46.7 Å². The number of methoxy groups -OCH3 is 1. The zero-order valence-electron chi connectivity index (χ0n) is 16.7. The maximum Gasteiger partial charge on any atom is 0.252 e. The summed E-state index contributed by atoms with van der Waals surface area (Å²) in [7, 11) is 1.65. The number of fused-ring (bicyclic) bond motifs is 1. The number of nitrogens with zero attached hydrogens (tertiary/aromatic N) is 3. The number of ether oxygens (including phenoxy) is 2. The number of anilines is 1. The third-order valence-electron chi connectivity index (χ3n) is 4.76. The van der Waals surface area contributed by atoms with Crippen molar-refractivity contribution in [2.45, 2.75) is 0 Å². The van der Waals surface area contributed by atoms with Gasteiger partial charge in [-0.05, 0) is 35.7 Å². The number of hydrogen-bond donors (Lipinski definition) is 0. The van der Waals surface area contributed by atoms with Crippen molar-refractivity contribution in [1.29, 1.82) is 0 Å². The van der Waals surface area contributed by atoms with Gasteiger partial charge in [0.1, 0.15) is 5.75 Å². The molecule has 1 aliphatic heterocycles. The van der Waals surface area contributed by atoms with Gasteiger partial charge in [-0.2, -0.15) is 0 Å². The van der Waals surface area contributed by atoms with Crippen LogP contribution >= 0.6 is 35.1 Å². The van der Waals surface area contributed by atoms with E-state index in [0.29, 0.717) is 11.7 Å². The molecule has 0 spiro atoms. The third kappa shape index (κ3) is 5.59. The molecule has 0 N–H and O–H groups in total. The first-order valence-electron chi connectivity index (χ1n) is 9.51. The summed E-state index contributed by atoms with van der Waals surface area (Å²) in [6.07, 6.45) is 3.50. The quantitative estimate of drug-likeness (QED) is 0.490. The molecule has 0 unspecified atom stereocenters. The first-order chi connectivity index (χ1) is 14.2. The van der Waals surface area contributed by atoms with E-state index in [0.717, 1.165) is 53.7 Å². The number of aromatic nitrogens is 1. The molecule has 1 aliphatic rings. The van der Waals surface area contributed by atoms with Crippen molar-refractivity contribution in [3.8, 4) is 5.75 Å². The van der Waals surface area contributed by atoms with Crippen LogP contribution in [0.1, 0.15) is 4.88 Å². The van der Waals surface area contributed by atoms with Gasteiger partial charge in [0.05, 0.1) is 30.5 Å². The Bertz CT molecular complexity index is 985. The van der Waals surface area contributed by atoms with Gasteiger partial charge in [-0.1, -0.05) is 17.4 Å². The van der Waals surface area contributed by atoms with E-state index in [1.54, 1.807) is 29.4 Å². The summed E-state index contributed by atoms with van der Waals surface area (Å²) in [5, 5.41) is 2.71.